The Morgan fingerprint density at radius 1 is 0.600 bits per heavy atom. The van der Waals surface area contributed by atoms with Crippen molar-refractivity contribution in [1.29, 1.82) is 0 Å². The molecular weight excluding hydrogens is 1000 g/mol. The lowest BCUT2D eigenvalue weighted by molar-refractivity contribution is -0.109. The molecule has 0 amide bonds. The molecule has 0 aliphatic heterocycles. The minimum Gasteiger partial charge on any atom is -0.497 e. The first kappa shape index (κ1) is 67.9. The van der Waals surface area contributed by atoms with Gasteiger partial charge in [0.25, 0.3) is 10.1 Å². The monoisotopic (exact) mass is 1100 g/mol. The van der Waals surface area contributed by atoms with Crippen molar-refractivity contribution in [3.8, 4) is 11.5 Å². The fourth-order valence-corrected chi connectivity index (χ4v) is 11.2. The largest absolute Gasteiger partial charge is 0.497 e. The predicted octanol–water partition coefficient (Wildman–Crippen LogP) is 13.9. The lowest BCUT2D eigenvalue weighted by Gasteiger charge is -2.40. The summed E-state index contributed by atoms with van der Waals surface area (Å²) < 4.78 is 90.4. The number of allylic oxidation sites excluding steroid dienone is 2. The summed E-state index contributed by atoms with van der Waals surface area (Å²) in [4.78, 5) is 0.123. The van der Waals surface area contributed by atoms with Crippen LogP contribution in [0.3, 0.4) is 0 Å². The van der Waals surface area contributed by atoms with E-state index >= 15 is 0 Å². The van der Waals surface area contributed by atoms with Gasteiger partial charge in [0, 0.05) is 45.6 Å². The second-order valence-electron chi connectivity index (χ2n) is 22.4. The number of methoxy groups -OCH3 is 4. The smallest absolute Gasteiger partial charge is 0.296 e. The maximum atomic E-state index is 13.0. The molecule has 0 N–H and O–H groups in total. The SMILES string of the molecule is C=CC[C@H](C)[C@@H](C[C@H](CCOCc1ccc(OC)cc1)O[Si](C)(C)C(C)(C)C)OCOC.C=CC[C@H](COS(=O)(=O)c1ccc(C)cc1)[C@@H](C[C@H](CCOCc1ccc(OC)cc1)O[Si](C)(C)C(C)(C)C)OCOC. The first-order chi connectivity index (χ1) is 35.3. The average Bonchev–Trinajstić information content (AvgIpc) is 3.35. The zero-order valence-electron chi connectivity index (χ0n) is 48.9. The third-order valence-corrected chi connectivity index (χ3v) is 24.6. The van der Waals surface area contributed by atoms with E-state index in [1.807, 2.05) is 61.5 Å². The van der Waals surface area contributed by atoms with Crippen LogP contribution in [-0.4, -0.2) is 111 Å². The Morgan fingerprint density at radius 2 is 1.01 bits per heavy atom. The van der Waals surface area contributed by atoms with Gasteiger partial charge in [0.1, 0.15) is 25.1 Å². The summed E-state index contributed by atoms with van der Waals surface area (Å²) in [7, 11) is -1.49. The van der Waals surface area contributed by atoms with Crippen molar-refractivity contribution >= 4 is 26.8 Å². The maximum absolute atomic E-state index is 13.0. The molecule has 0 aliphatic carbocycles. The van der Waals surface area contributed by atoms with Gasteiger partial charge in [-0.05, 0) is 135 Å². The second kappa shape index (κ2) is 33.9. The molecule has 0 spiro atoms. The van der Waals surface area contributed by atoms with E-state index in [0.717, 1.165) is 47.5 Å². The van der Waals surface area contributed by atoms with E-state index in [1.54, 1.807) is 58.8 Å². The highest BCUT2D eigenvalue weighted by Gasteiger charge is 2.41. The third kappa shape index (κ3) is 25.4. The summed E-state index contributed by atoms with van der Waals surface area (Å²) in [5.41, 5.74) is 3.16. The maximum Gasteiger partial charge on any atom is 0.296 e. The number of hydrogen-bond acceptors (Lipinski definition) is 13. The molecule has 13 nitrogen and oxygen atoms in total. The van der Waals surface area contributed by atoms with Crippen molar-refractivity contribution in [2.75, 3.05) is 61.8 Å². The quantitative estimate of drug-likeness (QED) is 0.0180. The van der Waals surface area contributed by atoms with Crippen LogP contribution in [0.4, 0.5) is 0 Å². The predicted molar refractivity (Wildman–Crippen MR) is 308 cm³/mol. The molecular formula is C59H98O13SSi2. The van der Waals surface area contributed by atoms with Crippen LogP contribution < -0.4 is 9.47 Å². The average molecular weight is 1100 g/mol. The van der Waals surface area contributed by atoms with Crippen molar-refractivity contribution < 1.29 is 59.3 Å². The molecule has 16 heteroatoms. The highest BCUT2D eigenvalue weighted by atomic mass is 32.2. The molecule has 0 bridgehead atoms. The lowest BCUT2D eigenvalue weighted by Crippen LogP contribution is -2.45. The zero-order chi connectivity index (χ0) is 56.3. The van der Waals surface area contributed by atoms with E-state index in [2.05, 4.69) is 87.8 Å². The summed E-state index contributed by atoms with van der Waals surface area (Å²) in [6.07, 6.45) is 7.47. The second-order valence-corrected chi connectivity index (χ2v) is 33.5. The van der Waals surface area contributed by atoms with Crippen LogP contribution in [0.15, 0.2) is 103 Å². The van der Waals surface area contributed by atoms with Crippen molar-refractivity contribution in [3.63, 3.8) is 0 Å². The minimum absolute atomic E-state index is 0.00380. The number of hydrogen-bond donors (Lipinski definition) is 0. The molecule has 75 heavy (non-hydrogen) atoms. The third-order valence-electron chi connectivity index (χ3n) is 14.3. The van der Waals surface area contributed by atoms with Gasteiger partial charge in [-0.25, -0.2) is 0 Å². The minimum atomic E-state index is -3.94. The Balaban J connectivity index is 0.000000537. The first-order valence-corrected chi connectivity index (χ1v) is 33.6. The number of rotatable bonds is 36. The molecule has 0 aliphatic rings. The van der Waals surface area contributed by atoms with Gasteiger partial charge in [0.15, 0.2) is 16.6 Å². The lowest BCUT2D eigenvalue weighted by atomic mass is 9.94. The first-order valence-electron chi connectivity index (χ1n) is 26.4. The van der Waals surface area contributed by atoms with Crippen LogP contribution in [0.5, 0.6) is 11.5 Å². The van der Waals surface area contributed by atoms with Gasteiger partial charge in [-0.2, -0.15) is 8.42 Å². The molecule has 0 fully saturated rings. The summed E-state index contributed by atoms with van der Waals surface area (Å²) >= 11 is 0. The van der Waals surface area contributed by atoms with Crippen molar-refractivity contribution in [2.45, 2.75) is 173 Å². The van der Waals surface area contributed by atoms with Gasteiger partial charge in [0.05, 0.1) is 51.1 Å². The fraction of sp³-hybridized carbons (Fsp3) is 0.627. The van der Waals surface area contributed by atoms with Crippen molar-refractivity contribution in [1.82, 2.24) is 0 Å². The van der Waals surface area contributed by atoms with Gasteiger partial charge in [-0.3, -0.25) is 4.18 Å². The summed E-state index contributed by atoms with van der Waals surface area (Å²) in [6.45, 7) is 36.9. The zero-order valence-corrected chi connectivity index (χ0v) is 51.7. The van der Waals surface area contributed by atoms with Gasteiger partial charge in [-0.1, -0.05) is 103 Å². The molecule has 0 aromatic heterocycles. The van der Waals surface area contributed by atoms with Crippen LogP contribution >= 0.6 is 0 Å². The molecule has 0 heterocycles. The molecule has 3 aromatic carbocycles. The Bertz CT molecular complexity index is 2120. The standard InChI is InChI=1S/C33H52O8SSi.C26H46O5Si/c1-10-11-28(24-40-42(34,35)31-18-12-26(2)13-19-31)32(39-25-36-6)22-30(41-43(8,9)33(3,4)5)20-21-38-23-27-14-16-29(37-7)17-15-27;1-10-11-21(2)25(30-20-27-6)18-24(31-32(8,9)26(3,4)5)16-17-29-19-22-12-14-23(28-7)15-13-22/h10,12-19,28,30,32H,1,11,20-25H2,2-9H3;10,12-15,21,24-25H,1,11,16-20H2,2-9H3/t28-,30+,32-;21-,24-,25+/m10/s1. The van der Waals surface area contributed by atoms with Crippen molar-refractivity contribution in [2.24, 2.45) is 11.8 Å². The van der Waals surface area contributed by atoms with Gasteiger partial charge >= 0.3 is 0 Å². The Labute approximate surface area is 456 Å². The molecule has 3 rings (SSSR count). The van der Waals surface area contributed by atoms with Crippen LogP contribution in [0, 0.1) is 18.8 Å². The highest BCUT2D eigenvalue weighted by Crippen LogP contribution is 2.40. The van der Waals surface area contributed by atoms with E-state index in [1.165, 1.54) is 0 Å². The molecule has 0 radical (unpaired) electrons. The summed E-state index contributed by atoms with van der Waals surface area (Å²) in [5.74, 6) is 1.71. The molecule has 3 aromatic rings. The van der Waals surface area contributed by atoms with E-state index in [0.29, 0.717) is 51.6 Å². The normalized spacial score (nSPS) is 14.9. The van der Waals surface area contributed by atoms with Gasteiger partial charge in [0.2, 0.25) is 0 Å². The Hall–Kier alpha value is -3.24. The molecule has 0 unspecified atom stereocenters. The topological polar surface area (TPSA) is 136 Å². The molecule has 0 saturated heterocycles. The number of ether oxygens (including phenoxy) is 8. The molecule has 0 saturated carbocycles. The van der Waals surface area contributed by atoms with E-state index < -0.39 is 32.9 Å². The summed E-state index contributed by atoms with van der Waals surface area (Å²) in [5, 5.41) is 0.147. The van der Waals surface area contributed by atoms with Crippen LogP contribution in [0.1, 0.15) is 104 Å². The fourth-order valence-electron chi connectivity index (χ4n) is 7.49. The van der Waals surface area contributed by atoms with E-state index in [4.69, 9.17) is 50.9 Å². The Kier molecular flexibility index (Phi) is 30.7. The van der Waals surface area contributed by atoms with Crippen molar-refractivity contribution in [3.05, 3.63) is 115 Å². The highest BCUT2D eigenvalue weighted by molar-refractivity contribution is 7.86. The van der Waals surface area contributed by atoms with Crippen LogP contribution in [0.2, 0.25) is 36.3 Å². The summed E-state index contributed by atoms with van der Waals surface area (Å²) in [6, 6.07) is 22.4. The van der Waals surface area contributed by atoms with Gasteiger partial charge < -0.3 is 46.7 Å². The number of benzene rings is 3. The Morgan fingerprint density at radius 3 is 1.40 bits per heavy atom. The molecule has 6 atom stereocenters. The van der Waals surface area contributed by atoms with E-state index in [9.17, 15) is 8.42 Å². The van der Waals surface area contributed by atoms with Gasteiger partial charge in [-0.15, -0.1) is 13.2 Å². The number of aryl methyl sites for hydroxylation is 1. The van der Waals surface area contributed by atoms with E-state index in [-0.39, 0.29) is 59.4 Å². The molecule has 426 valence electrons. The van der Waals surface area contributed by atoms with Crippen LogP contribution in [0.25, 0.3) is 0 Å². The van der Waals surface area contributed by atoms with Crippen LogP contribution in [-0.2, 0) is 64.8 Å².